The van der Waals surface area contributed by atoms with Crippen molar-refractivity contribution in [2.24, 2.45) is 0 Å². The highest BCUT2D eigenvalue weighted by atomic mass is 79.9. The molecule has 1 aromatic heterocycles. The Bertz CT molecular complexity index is 572. The molecule has 1 aromatic carbocycles. The van der Waals surface area contributed by atoms with Crippen molar-refractivity contribution in [2.75, 3.05) is 6.54 Å². The van der Waals surface area contributed by atoms with Gasteiger partial charge in [-0.25, -0.2) is 0 Å². The predicted molar refractivity (Wildman–Crippen MR) is 79.3 cm³/mol. The molecule has 0 saturated heterocycles. The number of nitrogens with one attached hydrogen (secondary N) is 1. The van der Waals surface area contributed by atoms with Crippen molar-refractivity contribution in [3.8, 4) is 0 Å². The van der Waals surface area contributed by atoms with E-state index in [0.717, 1.165) is 25.1 Å². The van der Waals surface area contributed by atoms with E-state index in [1.807, 2.05) is 23.0 Å². The minimum atomic E-state index is -0.384. The van der Waals surface area contributed by atoms with Crippen LogP contribution in [-0.2, 0) is 13.1 Å². The first-order chi connectivity index (χ1) is 9.66. The summed E-state index contributed by atoms with van der Waals surface area (Å²) in [6, 6.07) is 7.06. The van der Waals surface area contributed by atoms with Crippen LogP contribution in [0, 0.1) is 10.1 Å². The lowest BCUT2D eigenvalue weighted by molar-refractivity contribution is -0.385. The molecule has 0 aliphatic carbocycles. The summed E-state index contributed by atoms with van der Waals surface area (Å²) in [6.45, 7) is 2.32. The quantitative estimate of drug-likeness (QED) is 0.478. The highest BCUT2D eigenvalue weighted by Crippen LogP contribution is 2.25. The third-order valence-electron chi connectivity index (χ3n) is 2.84. The highest BCUT2D eigenvalue weighted by Gasteiger charge is 2.11. The van der Waals surface area contributed by atoms with Gasteiger partial charge < -0.3 is 5.32 Å². The summed E-state index contributed by atoms with van der Waals surface area (Å²) in [5.74, 6) is 0. The molecule has 0 saturated carbocycles. The standard InChI is InChI=1S/C13H15BrN4O2/c14-12-4-3-11(9-13(12)18(19)20)10-15-5-1-7-17-8-2-6-16-17/h2-4,6,8-9,15H,1,5,7,10H2. The van der Waals surface area contributed by atoms with Gasteiger partial charge in [0.25, 0.3) is 5.69 Å². The van der Waals surface area contributed by atoms with Gasteiger partial charge in [-0.2, -0.15) is 5.10 Å². The third-order valence-corrected chi connectivity index (χ3v) is 3.51. The number of rotatable bonds is 7. The Hall–Kier alpha value is -1.73. The van der Waals surface area contributed by atoms with E-state index in [1.54, 1.807) is 18.3 Å². The normalized spacial score (nSPS) is 10.7. The Morgan fingerprint density at radius 1 is 1.45 bits per heavy atom. The zero-order chi connectivity index (χ0) is 14.4. The molecule has 0 fully saturated rings. The fraction of sp³-hybridized carbons (Fsp3) is 0.308. The van der Waals surface area contributed by atoms with Crippen molar-refractivity contribution in [3.63, 3.8) is 0 Å². The molecular weight excluding hydrogens is 324 g/mol. The number of hydrogen-bond donors (Lipinski definition) is 1. The monoisotopic (exact) mass is 338 g/mol. The summed E-state index contributed by atoms with van der Waals surface area (Å²) in [5.41, 5.74) is 1.000. The van der Waals surface area contributed by atoms with Gasteiger partial charge in [0.15, 0.2) is 0 Å². The van der Waals surface area contributed by atoms with Crippen molar-refractivity contribution >= 4 is 21.6 Å². The van der Waals surface area contributed by atoms with Crippen molar-refractivity contribution in [1.29, 1.82) is 0 Å². The van der Waals surface area contributed by atoms with E-state index in [1.165, 1.54) is 0 Å². The smallest absolute Gasteiger partial charge is 0.283 e. The van der Waals surface area contributed by atoms with Crippen molar-refractivity contribution < 1.29 is 4.92 Å². The molecule has 2 aromatic rings. The Morgan fingerprint density at radius 2 is 2.30 bits per heavy atom. The molecule has 1 heterocycles. The lowest BCUT2D eigenvalue weighted by atomic mass is 10.2. The highest BCUT2D eigenvalue weighted by molar-refractivity contribution is 9.10. The van der Waals surface area contributed by atoms with Crippen LogP contribution in [0.25, 0.3) is 0 Å². The number of hydrogen-bond acceptors (Lipinski definition) is 4. The molecule has 20 heavy (non-hydrogen) atoms. The summed E-state index contributed by atoms with van der Waals surface area (Å²) in [5, 5.41) is 18.2. The number of nitrogens with zero attached hydrogens (tertiary/aromatic N) is 3. The number of aryl methyl sites for hydroxylation is 1. The number of aromatic nitrogens is 2. The maximum absolute atomic E-state index is 10.8. The Morgan fingerprint density at radius 3 is 3.00 bits per heavy atom. The van der Waals surface area contributed by atoms with E-state index in [0.29, 0.717) is 11.0 Å². The van der Waals surface area contributed by atoms with E-state index in [-0.39, 0.29) is 10.6 Å². The number of benzene rings is 1. The molecule has 0 bridgehead atoms. The third kappa shape index (κ3) is 4.14. The Labute approximate surface area is 125 Å². The molecule has 0 radical (unpaired) electrons. The van der Waals surface area contributed by atoms with Crippen LogP contribution in [0.5, 0.6) is 0 Å². The minimum Gasteiger partial charge on any atom is -0.313 e. The van der Waals surface area contributed by atoms with Crippen LogP contribution >= 0.6 is 15.9 Å². The van der Waals surface area contributed by atoms with Crippen LogP contribution in [0.15, 0.2) is 41.1 Å². The van der Waals surface area contributed by atoms with Crippen LogP contribution in [-0.4, -0.2) is 21.2 Å². The van der Waals surface area contributed by atoms with E-state index >= 15 is 0 Å². The maximum atomic E-state index is 10.8. The second kappa shape index (κ2) is 7.16. The first kappa shape index (κ1) is 14.7. The van der Waals surface area contributed by atoms with Crippen LogP contribution in [0.3, 0.4) is 0 Å². The van der Waals surface area contributed by atoms with Gasteiger partial charge in [0, 0.05) is 31.5 Å². The second-order valence-electron chi connectivity index (χ2n) is 4.34. The molecule has 0 amide bonds. The molecule has 2 rings (SSSR count). The fourth-order valence-electron chi connectivity index (χ4n) is 1.84. The lowest BCUT2D eigenvalue weighted by Gasteiger charge is -2.06. The minimum absolute atomic E-state index is 0.0980. The summed E-state index contributed by atoms with van der Waals surface area (Å²) in [6.07, 6.45) is 4.65. The molecule has 106 valence electrons. The van der Waals surface area contributed by atoms with Gasteiger partial charge in [-0.05, 0) is 46.6 Å². The Kier molecular flexibility index (Phi) is 5.25. The van der Waals surface area contributed by atoms with E-state index in [4.69, 9.17) is 0 Å². The van der Waals surface area contributed by atoms with Gasteiger partial charge in [0.05, 0.1) is 9.40 Å². The molecule has 0 aliphatic heterocycles. The van der Waals surface area contributed by atoms with E-state index < -0.39 is 0 Å². The molecule has 0 aliphatic rings. The van der Waals surface area contributed by atoms with Crippen molar-refractivity contribution in [1.82, 2.24) is 15.1 Å². The summed E-state index contributed by atoms with van der Waals surface area (Å²) in [7, 11) is 0. The van der Waals surface area contributed by atoms with Gasteiger partial charge in [-0.3, -0.25) is 14.8 Å². The molecule has 0 atom stereocenters. The zero-order valence-electron chi connectivity index (χ0n) is 10.8. The van der Waals surface area contributed by atoms with Crippen molar-refractivity contribution in [3.05, 3.63) is 56.8 Å². The Balaban J connectivity index is 1.76. The SMILES string of the molecule is O=[N+]([O-])c1cc(CNCCCn2cccn2)ccc1Br. The second-order valence-corrected chi connectivity index (χ2v) is 5.20. The van der Waals surface area contributed by atoms with Crippen LogP contribution in [0.2, 0.25) is 0 Å². The molecule has 7 heteroatoms. The maximum Gasteiger partial charge on any atom is 0.283 e. The van der Waals surface area contributed by atoms with Crippen molar-refractivity contribution in [2.45, 2.75) is 19.5 Å². The van der Waals surface area contributed by atoms with Crippen LogP contribution in [0.1, 0.15) is 12.0 Å². The number of nitro groups is 1. The first-order valence-corrected chi connectivity index (χ1v) is 7.07. The van der Waals surface area contributed by atoms with Gasteiger partial charge in [0.1, 0.15) is 0 Å². The van der Waals surface area contributed by atoms with E-state index in [9.17, 15) is 10.1 Å². The van der Waals surface area contributed by atoms with E-state index in [2.05, 4.69) is 26.3 Å². The topological polar surface area (TPSA) is 73.0 Å². The molecular formula is C13H15BrN4O2. The van der Waals surface area contributed by atoms with Gasteiger partial charge in [0.2, 0.25) is 0 Å². The van der Waals surface area contributed by atoms with Gasteiger partial charge in [-0.15, -0.1) is 0 Å². The molecule has 0 unspecified atom stereocenters. The van der Waals surface area contributed by atoms with Crippen LogP contribution < -0.4 is 5.32 Å². The summed E-state index contributed by atoms with van der Waals surface area (Å²) >= 11 is 3.17. The molecule has 6 nitrogen and oxygen atoms in total. The number of halogens is 1. The first-order valence-electron chi connectivity index (χ1n) is 6.28. The lowest BCUT2D eigenvalue weighted by Crippen LogP contribution is -2.16. The molecule has 1 N–H and O–H groups in total. The zero-order valence-corrected chi connectivity index (χ0v) is 12.4. The largest absolute Gasteiger partial charge is 0.313 e. The average molecular weight is 339 g/mol. The fourth-order valence-corrected chi connectivity index (χ4v) is 2.23. The van der Waals surface area contributed by atoms with Crippen LogP contribution in [0.4, 0.5) is 5.69 Å². The predicted octanol–water partition coefficient (Wildman–Crippen LogP) is 2.73. The summed E-state index contributed by atoms with van der Waals surface area (Å²) in [4.78, 5) is 10.4. The number of nitro benzene ring substituents is 1. The van der Waals surface area contributed by atoms with Gasteiger partial charge >= 0.3 is 0 Å². The molecule has 0 spiro atoms. The average Bonchev–Trinajstić information content (AvgIpc) is 2.93. The van der Waals surface area contributed by atoms with Gasteiger partial charge in [-0.1, -0.05) is 6.07 Å². The summed E-state index contributed by atoms with van der Waals surface area (Å²) < 4.78 is 2.39.